The van der Waals surface area contributed by atoms with E-state index in [9.17, 15) is 13.2 Å². The van der Waals surface area contributed by atoms with Crippen LogP contribution in [0.5, 0.6) is 0 Å². The summed E-state index contributed by atoms with van der Waals surface area (Å²) in [5.41, 5.74) is 5.66. The summed E-state index contributed by atoms with van der Waals surface area (Å²) in [5.74, 6) is -0.776. The Morgan fingerprint density at radius 1 is 1.43 bits per heavy atom. The third-order valence-electron chi connectivity index (χ3n) is 2.64. The van der Waals surface area contributed by atoms with Gasteiger partial charge in [-0.05, 0) is 18.2 Å². The summed E-state index contributed by atoms with van der Waals surface area (Å²) in [6.07, 6.45) is 1.19. The third kappa shape index (κ3) is 2.94. The van der Waals surface area contributed by atoms with Gasteiger partial charge in [0.2, 0.25) is 5.95 Å². The Bertz CT molecular complexity index is 784. The number of carbonyl (C=O) groups is 1. The van der Waals surface area contributed by atoms with Gasteiger partial charge in [-0.3, -0.25) is 0 Å². The number of esters is 1. The topological polar surface area (TPSA) is 129 Å². The van der Waals surface area contributed by atoms with Gasteiger partial charge < -0.3 is 10.5 Å². The summed E-state index contributed by atoms with van der Waals surface area (Å²) >= 11 is 0. The van der Waals surface area contributed by atoms with Crippen LogP contribution in [0.15, 0.2) is 29.4 Å². The quantitative estimate of drug-likeness (QED) is 0.599. The largest absolute Gasteiger partial charge is 0.465 e. The van der Waals surface area contributed by atoms with E-state index < -0.39 is 16.0 Å². The highest BCUT2D eigenvalue weighted by molar-refractivity contribution is 7.92. The van der Waals surface area contributed by atoms with Gasteiger partial charge in [0, 0.05) is 12.7 Å². The molecule has 0 saturated heterocycles. The standard InChI is InChI=1S/C11H13N5O4S/c1-16-11(13-6-14-16)15-21(18,19)9-5-7(12)3-4-8(9)10(17)20-2/h3-6H,12H2,1-2H3,(H,13,14,15). The third-order valence-corrected chi connectivity index (χ3v) is 4.01. The van der Waals surface area contributed by atoms with Gasteiger partial charge in [0.15, 0.2) is 0 Å². The first-order valence-corrected chi connectivity index (χ1v) is 7.18. The first-order chi connectivity index (χ1) is 9.85. The normalized spacial score (nSPS) is 11.1. The molecule has 1 aromatic heterocycles. The molecule has 0 bridgehead atoms. The summed E-state index contributed by atoms with van der Waals surface area (Å²) < 4.78 is 32.8. The lowest BCUT2D eigenvalue weighted by atomic mass is 10.2. The van der Waals surface area contributed by atoms with E-state index >= 15 is 0 Å². The molecule has 3 N–H and O–H groups in total. The minimum absolute atomic E-state index is 0.00763. The first-order valence-electron chi connectivity index (χ1n) is 5.70. The lowest BCUT2D eigenvalue weighted by Gasteiger charge is -2.11. The van der Waals surface area contributed by atoms with E-state index in [0.29, 0.717) is 0 Å². The monoisotopic (exact) mass is 311 g/mol. The molecule has 10 heteroatoms. The highest BCUT2D eigenvalue weighted by Gasteiger charge is 2.24. The molecule has 21 heavy (non-hydrogen) atoms. The van der Waals surface area contributed by atoms with E-state index in [4.69, 9.17) is 5.73 Å². The number of rotatable bonds is 4. The Kier molecular flexibility index (Phi) is 3.80. The van der Waals surface area contributed by atoms with Crippen molar-refractivity contribution in [2.45, 2.75) is 4.90 Å². The molecule has 1 heterocycles. The molecule has 0 radical (unpaired) electrons. The maximum Gasteiger partial charge on any atom is 0.339 e. The van der Waals surface area contributed by atoms with Crippen LogP contribution in [0.25, 0.3) is 0 Å². The van der Waals surface area contributed by atoms with Crippen LogP contribution in [0, 0.1) is 0 Å². The van der Waals surface area contributed by atoms with Gasteiger partial charge in [-0.1, -0.05) is 0 Å². The molecule has 2 aromatic rings. The van der Waals surface area contributed by atoms with Crippen LogP contribution in [-0.4, -0.2) is 36.3 Å². The number of methoxy groups -OCH3 is 1. The van der Waals surface area contributed by atoms with Crippen molar-refractivity contribution >= 4 is 27.6 Å². The molecule has 1 aromatic carbocycles. The van der Waals surface area contributed by atoms with E-state index in [0.717, 1.165) is 7.11 Å². The van der Waals surface area contributed by atoms with Gasteiger partial charge in [-0.25, -0.2) is 22.6 Å². The number of aromatic nitrogens is 3. The van der Waals surface area contributed by atoms with Crippen molar-refractivity contribution in [1.82, 2.24) is 14.8 Å². The Hall–Kier alpha value is -2.62. The van der Waals surface area contributed by atoms with Crippen LogP contribution < -0.4 is 10.5 Å². The number of anilines is 2. The van der Waals surface area contributed by atoms with Crippen LogP contribution in [0.4, 0.5) is 11.6 Å². The van der Waals surface area contributed by atoms with Gasteiger partial charge in [0.05, 0.1) is 12.7 Å². The number of hydrogen-bond acceptors (Lipinski definition) is 7. The number of hydrogen-bond donors (Lipinski definition) is 2. The van der Waals surface area contributed by atoms with Crippen molar-refractivity contribution in [3.8, 4) is 0 Å². The van der Waals surface area contributed by atoms with Crippen LogP contribution in [0.1, 0.15) is 10.4 Å². The van der Waals surface area contributed by atoms with Crippen LogP contribution in [-0.2, 0) is 21.8 Å². The number of sulfonamides is 1. The summed E-state index contributed by atoms with van der Waals surface area (Å²) in [7, 11) is -1.39. The molecular weight excluding hydrogens is 298 g/mol. The minimum atomic E-state index is -4.07. The number of carbonyl (C=O) groups excluding carboxylic acids is 1. The molecule has 0 atom stereocenters. The number of nitrogens with zero attached hydrogens (tertiary/aromatic N) is 3. The number of nitrogens with two attached hydrogens (primary N) is 1. The van der Waals surface area contributed by atoms with Crippen molar-refractivity contribution in [3.05, 3.63) is 30.1 Å². The second-order valence-corrected chi connectivity index (χ2v) is 5.71. The zero-order valence-corrected chi connectivity index (χ0v) is 12.1. The zero-order chi connectivity index (χ0) is 15.6. The fourth-order valence-electron chi connectivity index (χ4n) is 1.60. The maximum absolute atomic E-state index is 12.4. The molecule has 0 amide bonds. The molecule has 0 spiro atoms. The van der Waals surface area contributed by atoms with Crippen molar-refractivity contribution in [1.29, 1.82) is 0 Å². The molecule has 112 valence electrons. The van der Waals surface area contributed by atoms with E-state index in [2.05, 4.69) is 19.5 Å². The zero-order valence-electron chi connectivity index (χ0n) is 11.3. The average molecular weight is 311 g/mol. The SMILES string of the molecule is COC(=O)c1ccc(N)cc1S(=O)(=O)Nc1ncnn1C. The minimum Gasteiger partial charge on any atom is -0.465 e. The fraction of sp³-hybridized carbons (Fsp3) is 0.182. The lowest BCUT2D eigenvalue weighted by Crippen LogP contribution is -2.20. The highest BCUT2D eigenvalue weighted by Crippen LogP contribution is 2.22. The predicted octanol–water partition coefficient (Wildman–Crippen LogP) is -0.0153. The maximum atomic E-state index is 12.4. The van der Waals surface area contributed by atoms with Crippen molar-refractivity contribution in [3.63, 3.8) is 0 Å². The molecule has 0 aliphatic carbocycles. The summed E-state index contributed by atoms with van der Waals surface area (Å²) in [6, 6.07) is 3.87. The Morgan fingerprint density at radius 2 is 2.14 bits per heavy atom. The molecular formula is C11H13N5O4S. The average Bonchev–Trinajstić information content (AvgIpc) is 2.82. The lowest BCUT2D eigenvalue weighted by molar-refractivity contribution is 0.0596. The summed E-state index contributed by atoms with van der Waals surface area (Å²) in [6.45, 7) is 0. The summed E-state index contributed by atoms with van der Waals surface area (Å²) in [4.78, 5) is 15.1. The van der Waals surface area contributed by atoms with E-state index in [1.807, 2.05) is 0 Å². The Morgan fingerprint density at radius 3 is 2.71 bits per heavy atom. The molecule has 0 aliphatic rings. The number of benzene rings is 1. The number of ether oxygens (including phenoxy) is 1. The van der Waals surface area contributed by atoms with Crippen LogP contribution in [0.2, 0.25) is 0 Å². The number of nitrogen functional groups attached to an aromatic ring is 1. The first kappa shape index (κ1) is 14.8. The van der Waals surface area contributed by atoms with Crippen LogP contribution >= 0.6 is 0 Å². The highest BCUT2D eigenvalue weighted by atomic mass is 32.2. The number of aryl methyl sites for hydroxylation is 1. The Balaban J connectivity index is 2.51. The van der Waals surface area contributed by atoms with Gasteiger partial charge in [-0.2, -0.15) is 10.1 Å². The van der Waals surface area contributed by atoms with Crippen molar-refractivity contribution in [2.24, 2.45) is 7.05 Å². The van der Waals surface area contributed by atoms with E-state index in [1.165, 1.54) is 36.3 Å². The second-order valence-electron chi connectivity index (χ2n) is 4.06. The van der Waals surface area contributed by atoms with E-state index in [-0.39, 0.29) is 22.1 Å². The Labute approximate surface area is 120 Å². The second kappa shape index (κ2) is 5.40. The molecule has 2 rings (SSSR count). The molecule has 0 unspecified atom stereocenters. The molecule has 0 aliphatic heterocycles. The fourth-order valence-corrected chi connectivity index (χ4v) is 2.87. The smallest absolute Gasteiger partial charge is 0.339 e. The van der Waals surface area contributed by atoms with Gasteiger partial charge in [0.25, 0.3) is 10.0 Å². The van der Waals surface area contributed by atoms with E-state index in [1.54, 1.807) is 0 Å². The predicted molar refractivity (Wildman–Crippen MR) is 74.0 cm³/mol. The summed E-state index contributed by atoms with van der Waals surface area (Å²) in [5, 5.41) is 3.75. The molecule has 9 nitrogen and oxygen atoms in total. The van der Waals surface area contributed by atoms with Gasteiger partial charge in [0.1, 0.15) is 11.2 Å². The molecule has 0 saturated carbocycles. The van der Waals surface area contributed by atoms with Gasteiger partial charge >= 0.3 is 5.97 Å². The van der Waals surface area contributed by atoms with Gasteiger partial charge in [-0.15, -0.1) is 0 Å². The van der Waals surface area contributed by atoms with Crippen molar-refractivity contribution in [2.75, 3.05) is 17.6 Å². The number of nitrogens with one attached hydrogen (secondary N) is 1. The van der Waals surface area contributed by atoms with Crippen molar-refractivity contribution < 1.29 is 17.9 Å². The van der Waals surface area contributed by atoms with Crippen LogP contribution in [0.3, 0.4) is 0 Å². The molecule has 0 fully saturated rings.